The van der Waals surface area contributed by atoms with E-state index in [-0.39, 0.29) is 17.0 Å². The molecular formula is C21H22N4O3. The lowest BCUT2D eigenvalue weighted by Gasteiger charge is -2.34. The Kier molecular flexibility index (Phi) is 5.34. The Labute approximate surface area is 162 Å². The zero-order valence-corrected chi connectivity index (χ0v) is 15.5. The number of fused-ring (bicyclic) bond motifs is 1. The van der Waals surface area contributed by atoms with Crippen LogP contribution in [0.4, 0.5) is 0 Å². The molecule has 1 fully saturated rings. The van der Waals surface area contributed by atoms with Crippen molar-refractivity contribution in [1.29, 1.82) is 0 Å². The highest BCUT2D eigenvalue weighted by Crippen LogP contribution is 2.10. The van der Waals surface area contributed by atoms with E-state index in [1.807, 2.05) is 36.4 Å². The third kappa shape index (κ3) is 3.89. The number of hydrogen-bond acceptors (Lipinski definition) is 5. The summed E-state index contributed by atoms with van der Waals surface area (Å²) in [6.07, 6.45) is 3.02. The van der Waals surface area contributed by atoms with Crippen LogP contribution in [-0.2, 0) is 0 Å². The lowest BCUT2D eigenvalue weighted by atomic mass is 10.2. The van der Waals surface area contributed by atoms with Gasteiger partial charge in [0.05, 0.1) is 0 Å². The van der Waals surface area contributed by atoms with E-state index in [1.165, 1.54) is 10.6 Å². The van der Waals surface area contributed by atoms with E-state index < -0.39 is 0 Å². The molecule has 0 aliphatic carbocycles. The van der Waals surface area contributed by atoms with Crippen LogP contribution in [0.1, 0.15) is 10.4 Å². The molecule has 3 heterocycles. The lowest BCUT2D eigenvalue weighted by molar-refractivity contribution is 0.0618. The van der Waals surface area contributed by atoms with Gasteiger partial charge in [-0.25, -0.2) is 4.98 Å². The molecule has 4 rings (SSSR count). The zero-order chi connectivity index (χ0) is 19.3. The van der Waals surface area contributed by atoms with Crippen LogP contribution in [0.15, 0.2) is 65.7 Å². The second-order valence-corrected chi connectivity index (χ2v) is 6.70. The van der Waals surface area contributed by atoms with Gasteiger partial charge in [-0.05, 0) is 24.3 Å². The van der Waals surface area contributed by atoms with E-state index in [0.717, 1.165) is 25.4 Å². The normalized spacial score (nSPS) is 14.9. The van der Waals surface area contributed by atoms with Crippen molar-refractivity contribution in [1.82, 2.24) is 19.2 Å². The third-order valence-corrected chi connectivity index (χ3v) is 4.92. The summed E-state index contributed by atoms with van der Waals surface area (Å²) in [5.41, 5.74) is 0.325. The largest absolute Gasteiger partial charge is 0.492 e. The number of nitrogens with zero attached hydrogens (tertiary/aromatic N) is 4. The van der Waals surface area contributed by atoms with Crippen molar-refractivity contribution >= 4 is 11.6 Å². The number of pyridine rings is 1. The molecule has 7 nitrogen and oxygen atoms in total. The van der Waals surface area contributed by atoms with E-state index >= 15 is 0 Å². The third-order valence-electron chi connectivity index (χ3n) is 4.92. The van der Waals surface area contributed by atoms with Gasteiger partial charge in [0, 0.05) is 45.1 Å². The Hall–Kier alpha value is -3.19. The highest BCUT2D eigenvalue weighted by atomic mass is 16.5. The van der Waals surface area contributed by atoms with Crippen molar-refractivity contribution in [3.05, 3.63) is 76.8 Å². The minimum Gasteiger partial charge on any atom is -0.492 e. The van der Waals surface area contributed by atoms with Crippen molar-refractivity contribution in [2.75, 3.05) is 39.3 Å². The van der Waals surface area contributed by atoms with E-state index in [0.29, 0.717) is 25.3 Å². The van der Waals surface area contributed by atoms with Crippen molar-refractivity contribution < 1.29 is 9.53 Å². The zero-order valence-electron chi connectivity index (χ0n) is 15.5. The fraction of sp³-hybridized carbons (Fsp3) is 0.286. The van der Waals surface area contributed by atoms with Crippen molar-refractivity contribution in [3.63, 3.8) is 0 Å². The van der Waals surface area contributed by atoms with E-state index in [2.05, 4.69) is 9.88 Å². The van der Waals surface area contributed by atoms with Gasteiger partial charge in [0.2, 0.25) is 0 Å². The highest BCUT2D eigenvalue weighted by Gasteiger charge is 2.24. The van der Waals surface area contributed by atoms with Gasteiger partial charge in [-0.1, -0.05) is 24.3 Å². The SMILES string of the molecule is O=C(c1cnc2ccccn2c1=O)N1CCN(CCOc2ccccc2)CC1. The van der Waals surface area contributed by atoms with Gasteiger partial charge in [-0.15, -0.1) is 0 Å². The first-order valence-electron chi connectivity index (χ1n) is 9.38. The molecule has 1 aliphatic heterocycles. The monoisotopic (exact) mass is 378 g/mol. The molecule has 0 saturated carbocycles. The Morgan fingerprint density at radius 2 is 1.75 bits per heavy atom. The molecule has 1 saturated heterocycles. The molecule has 0 bridgehead atoms. The van der Waals surface area contributed by atoms with E-state index in [4.69, 9.17) is 4.74 Å². The van der Waals surface area contributed by atoms with Crippen LogP contribution in [0, 0.1) is 0 Å². The number of benzene rings is 1. The second kappa shape index (κ2) is 8.22. The number of carbonyl (C=O) groups is 1. The number of aromatic nitrogens is 2. The first-order valence-corrected chi connectivity index (χ1v) is 9.38. The summed E-state index contributed by atoms with van der Waals surface area (Å²) in [4.78, 5) is 33.6. The molecule has 3 aromatic rings. The fourth-order valence-electron chi connectivity index (χ4n) is 3.33. The molecular weight excluding hydrogens is 356 g/mol. The van der Waals surface area contributed by atoms with Crippen LogP contribution in [0.3, 0.4) is 0 Å². The molecule has 0 spiro atoms. The van der Waals surface area contributed by atoms with Gasteiger partial charge in [-0.3, -0.25) is 18.9 Å². The molecule has 0 N–H and O–H groups in total. The van der Waals surface area contributed by atoms with Gasteiger partial charge in [-0.2, -0.15) is 0 Å². The van der Waals surface area contributed by atoms with Crippen LogP contribution in [0.2, 0.25) is 0 Å². The molecule has 28 heavy (non-hydrogen) atoms. The van der Waals surface area contributed by atoms with E-state index in [1.54, 1.807) is 23.2 Å². The van der Waals surface area contributed by atoms with Gasteiger partial charge in [0.25, 0.3) is 11.5 Å². The number of rotatable bonds is 5. The van der Waals surface area contributed by atoms with Crippen LogP contribution < -0.4 is 10.3 Å². The van der Waals surface area contributed by atoms with Crippen molar-refractivity contribution in [2.24, 2.45) is 0 Å². The molecule has 144 valence electrons. The Bertz CT molecular complexity index is 1010. The number of ether oxygens (including phenoxy) is 1. The number of carbonyl (C=O) groups excluding carboxylic acids is 1. The highest BCUT2D eigenvalue weighted by molar-refractivity contribution is 5.93. The summed E-state index contributed by atoms with van der Waals surface area (Å²) in [5, 5.41) is 0. The summed E-state index contributed by atoms with van der Waals surface area (Å²) < 4.78 is 7.14. The predicted octanol–water partition coefficient (Wildman–Crippen LogP) is 1.53. The lowest BCUT2D eigenvalue weighted by Crippen LogP contribution is -2.50. The Morgan fingerprint density at radius 3 is 2.54 bits per heavy atom. The Morgan fingerprint density at radius 1 is 1.00 bits per heavy atom. The molecule has 1 aromatic carbocycles. The maximum atomic E-state index is 12.8. The van der Waals surface area contributed by atoms with Crippen LogP contribution in [0.25, 0.3) is 5.65 Å². The molecule has 1 amide bonds. The summed E-state index contributed by atoms with van der Waals surface area (Å²) in [6, 6.07) is 15.0. The maximum Gasteiger partial charge on any atom is 0.270 e. The van der Waals surface area contributed by atoms with Crippen LogP contribution in [0.5, 0.6) is 5.75 Å². The maximum absolute atomic E-state index is 12.8. The predicted molar refractivity (Wildman–Crippen MR) is 106 cm³/mol. The van der Waals surface area contributed by atoms with Crippen LogP contribution in [-0.4, -0.2) is 64.4 Å². The topological polar surface area (TPSA) is 67.2 Å². The summed E-state index contributed by atoms with van der Waals surface area (Å²) in [5.74, 6) is 0.608. The first-order chi connectivity index (χ1) is 13.7. The molecule has 7 heteroatoms. The summed E-state index contributed by atoms with van der Waals surface area (Å²) >= 11 is 0. The summed E-state index contributed by atoms with van der Waals surface area (Å²) in [6.45, 7) is 4.09. The smallest absolute Gasteiger partial charge is 0.270 e. The first kappa shape index (κ1) is 18.2. The van der Waals surface area contributed by atoms with Gasteiger partial charge < -0.3 is 9.64 Å². The molecule has 0 atom stereocenters. The average Bonchev–Trinajstić information content (AvgIpc) is 2.75. The van der Waals surface area contributed by atoms with Gasteiger partial charge in [0.15, 0.2) is 0 Å². The van der Waals surface area contributed by atoms with E-state index in [9.17, 15) is 9.59 Å². The minimum absolute atomic E-state index is 0.115. The molecule has 0 unspecified atom stereocenters. The van der Waals surface area contributed by atoms with Crippen molar-refractivity contribution in [3.8, 4) is 5.75 Å². The fourth-order valence-corrected chi connectivity index (χ4v) is 3.33. The molecule has 0 radical (unpaired) electrons. The number of hydrogen-bond donors (Lipinski definition) is 0. The minimum atomic E-state index is -0.325. The second-order valence-electron chi connectivity index (χ2n) is 6.70. The molecule has 1 aliphatic rings. The molecule has 2 aromatic heterocycles. The quantitative estimate of drug-likeness (QED) is 0.674. The van der Waals surface area contributed by atoms with Crippen molar-refractivity contribution in [2.45, 2.75) is 0 Å². The van der Waals surface area contributed by atoms with Gasteiger partial charge >= 0.3 is 0 Å². The number of amides is 1. The Balaban J connectivity index is 1.33. The summed E-state index contributed by atoms with van der Waals surface area (Å²) in [7, 11) is 0. The average molecular weight is 378 g/mol. The standard InChI is InChI=1S/C21H22N4O3/c26-20(18-16-22-19-8-4-5-9-25(19)21(18)27)24-12-10-23(11-13-24)14-15-28-17-6-2-1-3-7-17/h1-9,16H,10-15H2. The number of para-hydroxylation sites is 1. The number of piperazine rings is 1. The van der Waals surface area contributed by atoms with Gasteiger partial charge in [0.1, 0.15) is 23.6 Å². The van der Waals surface area contributed by atoms with Crippen LogP contribution >= 0.6 is 0 Å².